The lowest BCUT2D eigenvalue weighted by atomic mass is 10.0. The highest BCUT2D eigenvalue weighted by atomic mass is 16.7. The van der Waals surface area contributed by atoms with E-state index >= 15 is 0 Å². The lowest BCUT2D eigenvalue weighted by Crippen LogP contribution is -2.44. The molecule has 10 heteroatoms. The standard InChI is InChI=1S/C35H47N3O7/c1-25(44-32-8-6-7-21-42-32)33-36-19-20-38(33)30(22-39)16-11-26-9-12-27(13-10-26)28-14-17-31(18-15-28)43-24-29(23-41-5)37-34(40)45-35(2,3)4/h9-20,25,29-30,32,39H,6-8,21-24H2,1-5H3,(H,37,40)/b16-11+/t25-,29?,30?,32?/m0/s1. The maximum Gasteiger partial charge on any atom is 0.408 e. The molecule has 0 bridgehead atoms. The molecule has 2 aromatic carbocycles. The highest BCUT2D eigenvalue weighted by Crippen LogP contribution is 2.26. The van der Waals surface area contributed by atoms with Crippen molar-refractivity contribution in [3.63, 3.8) is 0 Å². The van der Waals surface area contributed by atoms with Gasteiger partial charge >= 0.3 is 6.09 Å². The first kappa shape index (κ1) is 34.2. The van der Waals surface area contributed by atoms with Crippen LogP contribution in [0.3, 0.4) is 0 Å². The molecule has 0 radical (unpaired) electrons. The number of amides is 1. The fourth-order valence-electron chi connectivity index (χ4n) is 5.02. The van der Waals surface area contributed by atoms with E-state index in [1.807, 2.05) is 87.0 Å². The number of benzene rings is 2. The van der Waals surface area contributed by atoms with Gasteiger partial charge in [-0.2, -0.15) is 0 Å². The molecule has 45 heavy (non-hydrogen) atoms. The number of aromatic nitrogens is 2. The maximum atomic E-state index is 12.2. The zero-order valence-electron chi connectivity index (χ0n) is 27.0. The van der Waals surface area contributed by atoms with Crippen molar-refractivity contribution in [1.29, 1.82) is 0 Å². The summed E-state index contributed by atoms with van der Waals surface area (Å²) in [5.74, 6) is 1.44. The molecule has 2 N–H and O–H groups in total. The maximum absolute atomic E-state index is 12.2. The van der Waals surface area contributed by atoms with Crippen LogP contribution in [-0.4, -0.2) is 72.2 Å². The van der Waals surface area contributed by atoms with Gasteiger partial charge in [0.15, 0.2) is 6.29 Å². The topological polar surface area (TPSA) is 113 Å². The van der Waals surface area contributed by atoms with Gasteiger partial charge in [-0.05, 0) is 75.8 Å². The number of aliphatic hydroxyl groups excluding tert-OH is 1. The summed E-state index contributed by atoms with van der Waals surface area (Å²) in [6.07, 6.45) is 9.64. The van der Waals surface area contributed by atoms with E-state index < -0.39 is 11.7 Å². The number of imidazole rings is 1. The molecule has 1 aromatic heterocycles. The van der Waals surface area contributed by atoms with Crippen molar-refractivity contribution in [2.75, 3.05) is 33.5 Å². The predicted molar refractivity (Wildman–Crippen MR) is 173 cm³/mol. The van der Waals surface area contributed by atoms with Gasteiger partial charge in [-0.15, -0.1) is 0 Å². The summed E-state index contributed by atoms with van der Waals surface area (Å²) in [6.45, 7) is 8.61. The molecule has 1 aliphatic rings. The number of alkyl carbamates (subject to hydrolysis) is 1. The Morgan fingerprint density at radius 1 is 1.11 bits per heavy atom. The van der Waals surface area contributed by atoms with Gasteiger partial charge in [-0.3, -0.25) is 0 Å². The summed E-state index contributed by atoms with van der Waals surface area (Å²) in [5.41, 5.74) is 2.54. The van der Waals surface area contributed by atoms with Crippen LogP contribution in [-0.2, 0) is 18.9 Å². The minimum Gasteiger partial charge on any atom is -0.491 e. The van der Waals surface area contributed by atoms with Gasteiger partial charge in [0, 0.05) is 26.1 Å². The Morgan fingerprint density at radius 3 is 2.44 bits per heavy atom. The van der Waals surface area contributed by atoms with Crippen molar-refractivity contribution < 1.29 is 33.6 Å². The third-order valence-corrected chi connectivity index (χ3v) is 7.25. The molecule has 3 unspecified atom stereocenters. The first-order valence-electron chi connectivity index (χ1n) is 15.6. The van der Waals surface area contributed by atoms with Crippen LogP contribution < -0.4 is 10.1 Å². The van der Waals surface area contributed by atoms with Crippen LogP contribution in [0.25, 0.3) is 17.2 Å². The second-order valence-corrected chi connectivity index (χ2v) is 12.1. The molecule has 0 aliphatic carbocycles. The van der Waals surface area contributed by atoms with E-state index in [0.29, 0.717) is 12.4 Å². The molecule has 1 saturated heterocycles. The van der Waals surface area contributed by atoms with E-state index in [1.54, 1.807) is 13.3 Å². The second-order valence-electron chi connectivity index (χ2n) is 12.1. The number of methoxy groups -OCH3 is 1. The predicted octanol–water partition coefficient (Wildman–Crippen LogP) is 6.32. The van der Waals surface area contributed by atoms with Gasteiger partial charge in [0.05, 0.1) is 25.3 Å². The molecule has 4 atom stereocenters. The lowest BCUT2D eigenvalue weighted by molar-refractivity contribution is -0.188. The molecule has 2 heterocycles. The summed E-state index contributed by atoms with van der Waals surface area (Å²) in [6, 6.07) is 15.4. The van der Waals surface area contributed by atoms with E-state index in [4.69, 9.17) is 23.7 Å². The quantitative estimate of drug-likeness (QED) is 0.215. The van der Waals surface area contributed by atoms with E-state index in [0.717, 1.165) is 48.4 Å². The molecular weight excluding hydrogens is 574 g/mol. The first-order chi connectivity index (χ1) is 21.6. The average molecular weight is 622 g/mol. The fraction of sp³-hybridized carbons (Fsp3) is 0.486. The van der Waals surface area contributed by atoms with Crippen molar-refractivity contribution in [1.82, 2.24) is 14.9 Å². The molecule has 1 aliphatic heterocycles. The van der Waals surface area contributed by atoms with Crippen molar-refractivity contribution in [3.05, 3.63) is 78.4 Å². The minimum atomic E-state index is -0.585. The van der Waals surface area contributed by atoms with Crippen LogP contribution in [0.15, 0.2) is 67.0 Å². The van der Waals surface area contributed by atoms with Gasteiger partial charge in [0.2, 0.25) is 0 Å². The van der Waals surface area contributed by atoms with Crippen LogP contribution in [0.1, 0.15) is 70.5 Å². The van der Waals surface area contributed by atoms with Crippen LogP contribution in [0.2, 0.25) is 0 Å². The van der Waals surface area contributed by atoms with Gasteiger partial charge in [0.1, 0.15) is 29.9 Å². The molecule has 3 aromatic rings. The number of aliphatic hydroxyl groups is 1. The van der Waals surface area contributed by atoms with E-state index in [-0.39, 0.29) is 37.7 Å². The SMILES string of the molecule is COCC(COc1ccc(-c2ccc(/C=C/C(CO)n3ccnc3[C@H](C)OC3CCCCO3)cc2)cc1)NC(=O)OC(C)(C)C. The van der Waals surface area contributed by atoms with Crippen molar-refractivity contribution in [3.8, 4) is 16.9 Å². The highest BCUT2D eigenvalue weighted by molar-refractivity contribution is 5.68. The second kappa shape index (κ2) is 16.6. The van der Waals surface area contributed by atoms with Crippen LogP contribution in [0, 0.1) is 0 Å². The first-order valence-corrected chi connectivity index (χ1v) is 15.6. The van der Waals surface area contributed by atoms with Crippen molar-refractivity contribution in [2.45, 2.75) is 77.0 Å². The monoisotopic (exact) mass is 621 g/mol. The molecule has 0 saturated carbocycles. The van der Waals surface area contributed by atoms with E-state index in [1.165, 1.54) is 0 Å². The van der Waals surface area contributed by atoms with E-state index in [9.17, 15) is 9.90 Å². The van der Waals surface area contributed by atoms with Gasteiger partial charge in [-0.1, -0.05) is 48.6 Å². The van der Waals surface area contributed by atoms with E-state index in [2.05, 4.69) is 22.4 Å². The van der Waals surface area contributed by atoms with Gasteiger partial charge in [0.25, 0.3) is 0 Å². The average Bonchev–Trinajstić information content (AvgIpc) is 3.51. The number of carbonyl (C=O) groups is 1. The largest absolute Gasteiger partial charge is 0.491 e. The molecule has 0 spiro atoms. The van der Waals surface area contributed by atoms with Crippen molar-refractivity contribution in [2.24, 2.45) is 0 Å². The van der Waals surface area contributed by atoms with Crippen LogP contribution >= 0.6 is 0 Å². The molecule has 10 nitrogen and oxygen atoms in total. The lowest BCUT2D eigenvalue weighted by Gasteiger charge is -2.27. The number of hydrogen-bond donors (Lipinski definition) is 2. The number of nitrogens with one attached hydrogen (secondary N) is 1. The smallest absolute Gasteiger partial charge is 0.408 e. The van der Waals surface area contributed by atoms with Crippen LogP contribution in [0.4, 0.5) is 4.79 Å². The third-order valence-electron chi connectivity index (χ3n) is 7.25. The Bertz CT molecular complexity index is 1340. The number of rotatable bonds is 14. The van der Waals surface area contributed by atoms with Gasteiger partial charge < -0.3 is 38.7 Å². The Balaban J connectivity index is 1.32. The minimum absolute atomic E-state index is 0.0672. The number of hydrogen-bond acceptors (Lipinski definition) is 8. The number of nitrogens with zero attached hydrogens (tertiary/aromatic N) is 2. The fourth-order valence-corrected chi connectivity index (χ4v) is 5.02. The van der Waals surface area contributed by atoms with Crippen molar-refractivity contribution >= 4 is 12.2 Å². The number of carbonyl (C=O) groups excluding carboxylic acids is 1. The zero-order chi connectivity index (χ0) is 32.2. The summed E-state index contributed by atoms with van der Waals surface area (Å²) in [5, 5.41) is 13.0. The molecule has 4 rings (SSSR count). The summed E-state index contributed by atoms with van der Waals surface area (Å²) in [4.78, 5) is 16.7. The molecule has 1 amide bonds. The third kappa shape index (κ3) is 10.7. The molecule has 1 fully saturated rings. The summed E-state index contributed by atoms with van der Waals surface area (Å²) >= 11 is 0. The zero-order valence-corrected chi connectivity index (χ0v) is 27.0. The summed E-state index contributed by atoms with van der Waals surface area (Å²) < 4.78 is 30.3. The highest BCUT2D eigenvalue weighted by Gasteiger charge is 2.23. The Kier molecular flexibility index (Phi) is 12.6. The molecular formula is C35H47N3O7. The Hall–Kier alpha value is -3.70. The van der Waals surface area contributed by atoms with Gasteiger partial charge in [-0.25, -0.2) is 9.78 Å². The van der Waals surface area contributed by atoms with Crippen LogP contribution in [0.5, 0.6) is 5.75 Å². The number of ether oxygens (including phenoxy) is 5. The Morgan fingerprint density at radius 2 is 1.82 bits per heavy atom. The molecule has 244 valence electrons. The summed E-state index contributed by atoms with van der Waals surface area (Å²) in [7, 11) is 1.57. The Labute approximate surface area is 266 Å². The normalized spacial score (nSPS) is 17.5.